The van der Waals surface area contributed by atoms with Crippen LogP contribution in [0, 0.1) is 5.92 Å². The molecule has 0 unspecified atom stereocenters. The Morgan fingerprint density at radius 3 is 2.57 bits per heavy atom. The van der Waals surface area contributed by atoms with Crippen LogP contribution in [-0.2, 0) is 4.74 Å². The quantitative estimate of drug-likeness (QED) is 0.677. The molecule has 0 bridgehead atoms. The van der Waals surface area contributed by atoms with Crippen molar-refractivity contribution < 1.29 is 9.84 Å². The molecule has 0 amide bonds. The fraction of sp³-hybridized carbons (Fsp3) is 1.00. The number of ether oxygens (including phenoxy) is 1. The fourth-order valence-electron chi connectivity index (χ4n) is 2.16. The van der Waals surface area contributed by atoms with Crippen molar-refractivity contribution in [3.8, 4) is 0 Å². The maximum absolute atomic E-state index is 8.63. The first-order valence-electron chi connectivity index (χ1n) is 5.74. The minimum Gasteiger partial charge on any atom is -0.394 e. The van der Waals surface area contributed by atoms with Crippen LogP contribution in [0.3, 0.4) is 0 Å². The highest BCUT2D eigenvalue weighted by atomic mass is 16.5. The largest absolute Gasteiger partial charge is 0.394 e. The van der Waals surface area contributed by atoms with Crippen molar-refractivity contribution in [1.82, 2.24) is 5.32 Å². The first kappa shape index (κ1) is 12.0. The normalized spacial score (nSPS) is 27.9. The Balaban J connectivity index is 2.05. The van der Waals surface area contributed by atoms with Crippen LogP contribution < -0.4 is 5.32 Å². The number of nitrogens with one attached hydrogen (secondary N) is 1. The molecule has 0 aromatic carbocycles. The average Bonchev–Trinajstić information content (AvgIpc) is 2.25. The van der Waals surface area contributed by atoms with Crippen LogP contribution >= 0.6 is 0 Å². The lowest BCUT2D eigenvalue weighted by Gasteiger charge is -2.28. The number of hydrogen-bond donors (Lipinski definition) is 2. The molecule has 2 N–H and O–H groups in total. The van der Waals surface area contributed by atoms with E-state index >= 15 is 0 Å². The Morgan fingerprint density at radius 2 is 2.00 bits per heavy atom. The molecule has 0 spiro atoms. The van der Waals surface area contributed by atoms with Crippen molar-refractivity contribution in [3.05, 3.63) is 0 Å². The van der Waals surface area contributed by atoms with E-state index in [0.29, 0.717) is 12.7 Å². The van der Waals surface area contributed by atoms with E-state index in [1.54, 1.807) is 0 Å². The zero-order valence-electron chi connectivity index (χ0n) is 9.17. The summed E-state index contributed by atoms with van der Waals surface area (Å²) in [5.41, 5.74) is 0. The van der Waals surface area contributed by atoms with Crippen molar-refractivity contribution in [2.75, 3.05) is 26.8 Å². The second-order valence-corrected chi connectivity index (χ2v) is 4.13. The molecular weight excluding hydrogens is 178 g/mol. The second kappa shape index (κ2) is 7.21. The van der Waals surface area contributed by atoms with Crippen LogP contribution in [0.5, 0.6) is 0 Å². The topological polar surface area (TPSA) is 41.5 Å². The zero-order valence-corrected chi connectivity index (χ0v) is 9.17. The molecule has 0 saturated heterocycles. The zero-order chi connectivity index (χ0) is 10.2. The lowest BCUT2D eigenvalue weighted by molar-refractivity contribution is -0.0000655. The number of hydrogen-bond acceptors (Lipinski definition) is 3. The summed E-state index contributed by atoms with van der Waals surface area (Å²) in [6.45, 7) is 1.79. The van der Waals surface area contributed by atoms with Gasteiger partial charge in [0, 0.05) is 0 Å². The summed E-state index contributed by atoms with van der Waals surface area (Å²) in [7, 11) is 2.01. The SMILES string of the molecule is CNCCC1CCC(OCCO)CC1. The summed E-state index contributed by atoms with van der Waals surface area (Å²) in [4.78, 5) is 0. The molecule has 3 nitrogen and oxygen atoms in total. The van der Waals surface area contributed by atoms with Crippen molar-refractivity contribution >= 4 is 0 Å². The minimum absolute atomic E-state index is 0.152. The summed E-state index contributed by atoms with van der Waals surface area (Å²) in [5, 5.41) is 11.8. The van der Waals surface area contributed by atoms with Gasteiger partial charge in [-0.25, -0.2) is 0 Å². The van der Waals surface area contributed by atoms with E-state index in [1.165, 1.54) is 32.1 Å². The van der Waals surface area contributed by atoms with E-state index in [-0.39, 0.29) is 6.61 Å². The Bertz CT molecular complexity index is 117. The van der Waals surface area contributed by atoms with Crippen LogP contribution in [0.15, 0.2) is 0 Å². The predicted molar refractivity (Wildman–Crippen MR) is 57.3 cm³/mol. The van der Waals surface area contributed by atoms with Crippen LogP contribution in [0.2, 0.25) is 0 Å². The Hall–Kier alpha value is -0.120. The van der Waals surface area contributed by atoms with Crippen molar-refractivity contribution in [2.24, 2.45) is 5.92 Å². The lowest BCUT2D eigenvalue weighted by Crippen LogP contribution is -2.24. The third kappa shape index (κ3) is 4.40. The highest BCUT2D eigenvalue weighted by Crippen LogP contribution is 2.27. The molecule has 1 saturated carbocycles. The Kier molecular flexibility index (Phi) is 6.15. The number of aliphatic hydroxyl groups excluding tert-OH is 1. The fourth-order valence-corrected chi connectivity index (χ4v) is 2.16. The molecule has 1 fully saturated rings. The summed E-state index contributed by atoms with van der Waals surface area (Å²) < 4.78 is 5.52. The van der Waals surface area contributed by atoms with Gasteiger partial charge in [0.2, 0.25) is 0 Å². The first-order chi connectivity index (χ1) is 6.86. The van der Waals surface area contributed by atoms with Gasteiger partial charge in [0.1, 0.15) is 0 Å². The van der Waals surface area contributed by atoms with Gasteiger partial charge in [0.05, 0.1) is 19.3 Å². The molecule has 3 heteroatoms. The standard InChI is InChI=1S/C11H23NO2/c1-12-7-6-10-2-4-11(5-3-10)14-9-8-13/h10-13H,2-9H2,1H3. The molecular formula is C11H23NO2. The minimum atomic E-state index is 0.152. The van der Waals surface area contributed by atoms with E-state index in [9.17, 15) is 0 Å². The smallest absolute Gasteiger partial charge is 0.0701 e. The van der Waals surface area contributed by atoms with Gasteiger partial charge in [-0.05, 0) is 51.6 Å². The van der Waals surface area contributed by atoms with Gasteiger partial charge in [0.15, 0.2) is 0 Å². The third-order valence-electron chi connectivity index (χ3n) is 3.04. The Labute approximate surface area is 86.8 Å². The predicted octanol–water partition coefficient (Wildman–Crippen LogP) is 1.16. The van der Waals surface area contributed by atoms with Crippen LogP contribution in [0.1, 0.15) is 32.1 Å². The molecule has 0 aliphatic heterocycles. The van der Waals surface area contributed by atoms with Crippen molar-refractivity contribution in [2.45, 2.75) is 38.2 Å². The Morgan fingerprint density at radius 1 is 1.29 bits per heavy atom. The van der Waals surface area contributed by atoms with Gasteiger partial charge in [-0.3, -0.25) is 0 Å². The van der Waals surface area contributed by atoms with Gasteiger partial charge < -0.3 is 15.2 Å². The van der Waals surface area contributed by atoms with Gasteiger partial charge in [-0.2, -0.15) is 0 Å². The molecule has 1 aliphatic carbocycles. The summed E-state index contributed by atoms with van der Waals surface area (Å²) >= 11 is 0. The molecule has 1 aliphatic rings. The van der Waals surface area contributed by atoms with Crippen LogP contribution in [-0.4, -0.2) is 38.0 Å². The molecule has 0 aromatic rings. The van der Waals surface area contributed by atoms with E-state index < -0.39 is 0 Å². The number of aliphatic hydroxyl groups is 1. The maximum Gasteiger partial charge on any atom is 0.0701 e. The number of rotatable bonds is 6. The molecule has 0 radical (unpaired) electrons. The first-order valence-corrected chi connectivity index (χ1v) is 5.74. The van der Waals surface area contributed by atoms with Crippen molar-refractivity contribution in [1.29, 1.82) is 0 Å². The highest BCUT2D eigenvalue weighted by molar-refractivity contribution is 4.73. The molecule has 14 heavy (non-hydrogen) atoms. The van der Waals surface area contributed by atoms with Crippen LogP contribution in [0.4, 0.5) is 0 Å². The summed E-state index contributed by atoms with van der Waals surface area (Å²) in [6, 6.07) is 0. The van der Waals surface area contributed by atoms with Gasteiger partial charge in [-0.1, -0.05) is 0 Å². The van der Waals surface area contributed by atoms with Crippen LogP contribution in [0.25, 0.3) is 0 Å². The molecule has 0 heterocycles. The molecule has 0 aromatic heterocycles. The molecule has 0 atom stereocenters. The summed E-state index contributed by atoms with van der Waals surface area (Å²) in [6.07, 6.45) is 6.63. The van der Waals surface area contributed by atoms with E-state index in [2.05, 4.69) is 5.32 Å². The maximum atomic E-state index is 8.63. The third-order valence-corrected chi connectivity index (χ3v) is 3.04. The summed E-state index contributed by atoms with van der Waals surface area (Å²) in [5.74, 6) is 0.886. The van der Waals surface area contributed by atoms with E-state index in [4.69, 9.17) is 9.84 Å². The lowest BCUT2D eigenvalue weighted by atomic mass is 9.85. The van der Waals surface area contributed by atoms with Gasteiger partial charge >= 0.3 is 0 Å². The van der Waals surface area contributed by atoms with Gasteiger partial charge in [-0.15, -0.1) is 0 Å². The van der Waals surface area contributed by atoms with Gasteiger partial charge in [0.25, 0.3) is 0 Å². The monoisotopic (exact) mass is 201 g/mol. The second-order valence-electron chi connectivity index (χ2n) is 4.13. The molecule has 1 rings (SSSR count). The molecule has 84 valence electrons. The van der Waals surface area contributed by atoms with Crippen molar-refractivity contribution in [3.63, 3.8) is 0 Å². The highest BCUT2D eigenvalue weighted by Gasteiger charge is 2.20. The van der Waals surface area contributed by atoms with E-state index in [1.807, 2.05) is 7.05 Å². The average molecular weight is 201 g/mol. The van der Waals surface area contributed by atoms with E-state index in [0.717, 1.165) is 12.5 Å².